The van der Waals surface area contributed by atoms with Gasteiger partial charge in [-0.3, -0.25) is 0 Å². The minimum atomic E-state index is -0.457. The molecule has 6 heteroatoms. The number of methoxy groups -OCH3 is 1. The Balaban J connectivity index is 1.57. The van der Waals surface area contributed by atoms with E-state index in [2.05, 4.69) is 5.16 Å². The van der Waals surface area contributed by atoms with Gasteiger partial charge in [0.2, 0.25) is 0 Å². The molecule has 2 heterocycles. The number of carbonyl (C=O) groups is 1. The molecule has 3 rings (SSSR count). The Morgan fingerprint density at radius 3 is 2.96 bits per heavy atom. The molecule has 122 valence electrons. The van der Waals surface area contributed by atoms with Crippen LogP contribution in [-0.2, 0) is 16.1 Å². The standard InChI is InChI=1S/C18H15NO4S/c1-21-15-6-3-2-5-13(15)8-9-18(20)22-12-14-11-16(23-19-14)17-7-4-10-24-17/h2-11H,12H2,1H3/b9-8+. The van der Waals surface area contributed by atoms with Crippen LogP contribution in [0.3, 0.4) is 0 Å². The second-order valence-electron chi connectivity index (χ2n) is 4.84. The van der Waals surface area contributed by atoms with Crippen molar-refractivity contribution >= 4 is 23.4 Å². The van der Waals surface area contributed by atoms with Crippen LogP contribution in [-0.4, -0.2) is 18.2 Å². The van der Waals surface area contributed by atoms with Crippen molar-refractivity contribution in [2.75, 3.05) is 7.11 Å². The van der Waals surface area contributed by atoms with Crippen molar-refractivity contribution in [2.45, 2.75) is 6.61 Å². The zero-order chi connectivity index (χ0) is 16.8. The molecule has 5 nitrogen and oxygen atoms in total. The van der Waals surface area contributed by atoms with Gasteiger partial charge in [-0.05, 0) is 23.6 Å². The molecule has 0 fully saturated rings. The van der Waals surface area contributed by atoms with Crippen LogP contribution in [0.25, 0.3) is 16.7 Å². The SMILES string of the molecule is COc1ccccc1/C=C/C(=O)OCc1cc(-c2cccs2)on1. The Bertz CT molecular complexity index is 836. The highest BCUT2D eigenvalue weighted by Crippen LogP contribution is 2.25. The van der Waals surface area contributed by atoms with Gasteiger partial charge in [-0.25, -0.2) is 4.79 Å². The predicted molar refractivity (Wildman–Crippen MR) is 91.6 cm³/mol. The highest BCUT2D eigenvalue weighted by molar-refractivity contribution is 7.13. The summed E-state index contributed by atoms with van der Waals surface area (Å²) >= 11 is 1.56. The highest BCUT2D eigenvalue weighted by Gasteiger charge is 2.09. The Hall–Kier alpha value is -2.86. The molecule has 0 aliphatic heterocycles. The van der Waals surface area contributed by atoms with Crippen LogP contribution in [0.15, 0.2) is 58.4 Å². The summed E-state index contributed by atoms with van der Waals surface area (Å²) in [6, 6.07) is 13.1. The molecule has 0 spiro atoms. The van der Waals surface area contributed by atoms with Gasteiger partial charge < -0.3 is 14.0 Å². The van der Waals surface area contributed by atoms with Gasteiger partial charge in [-0.1, -0.05) is 29.4 Å². The Morgan fingerprint density at radius 2 is 2.17 bits per heavy atom. The maximum Gasteiger partial charge on any atom is 0.331 e. The molecule has 0 saturated carbocycles. The van der Waals surface area contributed by atoms with Crippen molar-refractivity contribution in [3.05, 3.63) is 65.2 Å². The molecule has 2 aromatic heterocycles. The molecule has 0 atom stereocenters. The normalized spacial score (nSPS) is 10.9. The lowest BCUT2D eigenvalue weighted by molar-refractivity contribution is -0.139. The minimum Gasteiger partial charge on any atom is -0.496 e. The summed E-state index contributed by atoms with van der Waals surface area (Å²) in [5, 5.41) is 5.86. The van der Waals surface area contributed by atoms with E-state index >= 15 is 0 Å². The van der Waals surface area contributed by atoms with Gasteiger partial charge in [0.05, 0.1) is 12.0 Å². The van der Waals surface area contributed by atoms with Crippen molar-refractivity contribution in [3.63, 3.8) is 0 Å². The van der Waals surface area contributed by atoms with Crippen molar-refractivity contribution in [1.29, 1.82) is 0 Å². The molecule has 0 unspecified atom stereocenters. The van der Waals surface area contributed by atoms with Crippen LogP contribution in [0.1, 0.15) is 11.3 Å². The number of benzene rings is 1. The van der Waals surface area contributed by atoms with E-state index in [0.29, 0.717) is 17.2 Å². The van der Waals surface area contributed by atoms with Crippen molar-refractivity contribution in [3.8, 4) is 16.4 Å². The molecule has 1 aromatic carbocycles. The van der Waals surface area contributed by atoms with Crippen LogP contribution in [0.5, 0.6) is 5.75 Å². The molecule has 3 aromatic rings. The first-order chi connectivity index (χ1) is 11.8. The number of thiophene rings is 1. The summed E-state index contributed by atoms with van der Waals surface area (Å²) in [7, 11) is 1.58. The van der Waals surface area contributed by atoms with Gasteiger partial charge in [0.15, 0.2) is 5.76 Å². The molecule has 0 saturated heterocycles. The van der Waals surface area contributed by atoms with Crippen LogP contribution < -0.4 is 4.74 Å². The average molecular weight is 341 g/mol. The number of nitrogens with zero attached hydrogens (tertiary/aromatic N) is 1. The zero-order valence-corrected chi connectivity index (χ0v) is 13.8. The first-order valence-electron chi connectivity index (χ1n) is 7.23. The molecule has 0 radical (unpaired) electrons. The molecule has 24 heavy (non-hydrogen) atoms. The number of hydrogen-bond acceptors (Lipinski definition) is 6. The summed E-state index contributed by atoms with van der Waals surface area (Å²) in [6.07, 6.45) is 3.01. The maximum atomic E-state index is 11.8. The molecule has 0 amide bonds. The number of para-hydroxylation sites is 1. The second kappa shape index (κ2) is 7.61. The van der Waals surface area contributed by atoms with Crippen molar-refractivity contribution in [1.82, 2.24) is 5.16 Å². The number of rotatable bonds is 6. The fraction of sp³-hybridized carbons (Fsp3) is 0.111. The molecule has 0 bridgehead atoms. The molecule has 0 aliphatic carbocycles. The fourth-order valence-corrected chi connectivity index (χ4v) is 2.74. The van der Waals surface area contributed by atoms with Gasteiger partial charge >= 0.3 is 5.97 Å². The van der Waals surface area contributed by atoms with E-state index in [4.69, 9.17) is 14.0 Å². The average Bonchev–Trinajstić information content (AvgIpc) is 3.29. The predicted octanol–water partition coefficient (Wildman–Crippen LogP) is 4.17. The molecular formula is C18H15NO4S. The second-order valence-corrected chi connectivity index (χ2v) is 5.79. The Kier molecular flexibility index (Phi) is 5.08. The van der Waals surface area contributed by atoms with E-state index in [9.17, 15) is 4.79 Å². The van der Waals surface area contributed by atoms with Crippen molar-refractivity contribution in [2.24, 2.45) is 0 Å². The number of carbonyl (C=O) groups excluding carboxylic acids is 1. The van der Waals surface area contributed by atoms with Crippen LogP contribution >= 0.6 is 11.3 Å². The van der Waals surface area contributed by atoms with E-state index in [1.54, 1.807) is 30.6 Å². The van der Waals surface area contributed by atoms with Gasteiger partial charge in [0, 0.05) is 17.7 Å². The monoisotopic (exact) mass is 341 g/mol. The van der Waals surface area contributed by atoms with Gasteiger partial charge in [-0.15, -0.1) is 11.3 Å². The molecule has 0 N–H and O–H groups in total. The largest absolute Gasteiger partial charge is 0.496 e. The van der Waals surface area contributed by atoms with Crippen LogP contribution in [0.2, 0.25) is 0 Å². The van der Waals surface area contributed by atoms with Gasteiger partial charge in [0.1, 0.15) is 18.1 Å². The maximum absolute atomic E-state index is 11.8. The third kappa shape index (κ3) is 3.91. The summed E-state index contributed by atoms with van der Waals surface area (Å²) in [6.45, 7) is 0.0595. The topological polar surface area (TPSA) is 61.6 Å². The lowest BCUT2D eigenvalue weighted by Gasteiger charge is -2.03. The summed E-state index contributed by atoms with van der Waals surface area (Å²) in [4.78, 5) is 12.8. The zero-order valence-electron chi connectivity index (χ0n) is 13.0. The van der Waals surface area contributed by atoms with E-state index in [0.717, 1.165) is 10.4 Å². The quantitative estimate of drug-likeness (QED) is 0.497. The van der Waals surface area contributed by atoms with Crippen LogP contribution in [0.4, 0.5) is 0 Å². The van der Waals surface area contributed by atoms with Crippen molar-refractivity contribution < 1.29 is 18.8 Å². The van der Waals surface area contributed by atoms with Crippen LogP contribution in [0, 0.1) is 0 Å². The van der Waals surface area contributed by atoms with E-state index in [1.165, 1.54) is 6.08 Å². The Labute approximate surface area is 143 Å². The van der Waals surface area contributed by atoms with Gasteiger partial charge in [0.25, 0.3) is 0 Å². The summed E-state index contributed by atoms with van der Waals surface area (Å²) in [5.41, 5.74) is 1.37. The van der Waals surface area contributed by atoms with E-state index < -0.39 is 5.97 Å². The number of hydrogen-bond donors (Lipinski definition) is 0. The smallest absolute Gasteiger partial charge is 0.331 e. The summed E-state index contributed by atoms with van der Waals surface area (Å²) < 4.78 is 15.6. The summed E-state index contributed by atoms with van der Waals surface area (Å²) in [5.74, 6) is 0.904. The Morgan fingerprint density at radius 1 is 1.29 bits per heavy atom. The van der Waals surface area contributed by atoms with E-state index in [1.807, 2.05) is 41.8 Å². The molecule has 0 aliphatic rings. The lowest BCUT2D eigenvalue weighted by Crippen LogP contribution is -2.00. The van der Waals surface area contributed by atoms with Gasteiger partial charge in [-0.2, -0.15) is 0 Å². The highest BCUT2D eigenvalue weighted by atomic mass is 32.1. The number of esters is 1. The molecular weight excluding hydrogens is 326 g/mol. The number of ether oxygens (including phenoxy) is 2. The fourth-order valence-electron chi connectivity index (χ4n) is 2.07. The third-order valence-corrected chi connectivity index (χ3v) is 4.11. The minimum absolute atomic E-state index is 0.0595. The lowest BCUT2D eigenvalue weighted by atomic mass is 10.2. The first-order valence-corrected chi connectivity index (χ1v) is 8.11. The van der Waals surface area contributed by atoms with E-state index in [-0.39, 0.29) is 6.61 Å². The first kappa shape index (κ1) is 16.0. The number of aromatic nitrogens is 1. The third-order valence-electron chi connectivity index (χ3n) is 3.22.